The Hall–Kier alpha value is -2.08. The number of benzene rings is 2. The van der Waals surface area contributed by atoms with Crippen LogP contribution in [0.3, 0.4) is 0 Å². The number of rotatable bonds is 3. The van der Waals surface area contributed by atoms with Gasteiger partial charge >= 0.3 is 0 Å². The lowest BCUT2D eigenvalue weighted by Gasteiger charge is -2.38. The van der Waals surface area contributed by atoms with Crippen molar-refractivity contribution in [2.24, 2.45) is 0 Å². The molecule has 5 nitrogen and oxygen atoms in total. The molecule has 0 amide bonds. The first-order valence-corrected chi connectivity index (χ1v) is 7.23. The van der Waals surface area contributed by atoms with Gasteiger partial charge in [-0.15, -0.1) is 0 Å². The van der Waals surface area contributed by atoms with Gasteiger partial charge in [0.15, 0.2) is 0 Å². The molecule has 2 unspecified atom stereocenters. The molecule has 1 aliphatic heterocycles. The molecular weight excluding hydrogens is 282 g/mol. The van der Waals surface area contributed by atoms with Crippen molar-refractivity contribution in [3.8, 4) is 11.5 Å². The van der Waals surface area contributed by atoms with E-state index in [1.807, 2.05) is 23.1 Å². The normalized spacial score (nSPS) is 22.6. The van der Waals surface area contributed by atoms with Gasteiger partial charge in [0.25, 0.3) is 0 Å². The highest BCUT2D eigenvalue weighted by atomic mass is 16.5. The molecule has 1 saturated heterocycles. The van der Waals surface area contributed by atoms with Crippen molar-refractivity contribution in [3.63, 3.8) is 0 Å². The van der Waals surface area contributed by atoms with Gasteiger partial charge in [0.1, 0.15) is 17.7 Å². The summed E-state index contributed by atoms with van der Waals surface area (Å²) in [6, 6.07) is 14.1. The van der Waals surface area contributed by atoms with Gasteiger partial charge in [0.2, 0.25) is 0 Å². The fraction of sp³-hybridized carbons (Fsp3) is 0.294. The van der Waals surface area contributed by atoms with Crippen molar-refractivity contribution in [1.29, 1.82) is 0 Å². The molecule has 0 spiro atoms. The number of para-hydroxylation sites is 2. The second kappa shape index (κ2) is 6.36. The van der Waals surface area contributed by atoms with Crippen molar-refractivity contribution in [2.45, 2.75) is 18.9 Å². The smallest absolute Gasteiger partial charge is 0.140 e. The number of hydrogen-bond donors (Lipinski definition) is 3. The summed E-state index contributed by atoms with van der Waals surface area (Å²) in [4.78, 5) is 1.90. The number of β-amino-alcohol motifs (C(OH)–C–C–N with tert-alkyl or cyclic N) is 1. The average molecular weight is 301 g/mol. The monoisotopic (exact) mass is 301 g/mol. The second-order valence-corrected chi connectivity index (χ2v) is 5.46. The first-order chi connectivity index (χ1) is 10.6. The zero-order chi connectivity index (χ0) is 15.5. The molecule has 2 aromatic carbocycles. The fourth-order valence-corrected chi connectivity index (χ4v) is 2.72. The molecule has 3 rings (SSSR count). The van der Waals surface area contributed by atoms with Crippen LogP contribution in [0.25, 0.3) is 0 Å². The van der Waals surface area contributed by atoms with Crippen molar-refractivity contribution in [3.05, 3.63) is 59.7 Å². The van der Waals surface area contributed by atoms with Crippen LogP contribution in [-0.2, 0) is 11.3 Å². The van der Waals surface area contributed by atoms with E-state index in [-0.39, 0.29) is 18.1 Å². The summed E-state index contributed by atoms with van der Waals surface area (Å²) < 4.78 is 5.72. The number of phenols is 2. The number of aromatic hydroxyl groups is 2. The van der Waals surface area contributed by atoms with Crippen LogP contribution in [0.2, 0.25) is 0 Å². The number of aliphatic hydroxyl groups is 1. The lowest BCUT2D eigenvalue weighted by molar-refractivity contribution is -0.150. The van der Waals surface area contributed by atoms with Crippen LogP contribution in [0.15, 0.2) is 48.5 Å². The maximum absolute atomic E-state index is 10.0. The molecule has 0 aromatic heterocycles. The number of nitrogens with zero attached hydrogens (tertiary/aromatic N) is 1. The predicted molar refractivity (Wildman–Crippen MR) is 81.3 cm³/mol. The Morgan fingerprint density at radius 1 is 1.00 bits per heavy atom. The summed E-state index contributed by atoms with van der Waals surface area (Å²) in [7, 11) is 0. The predicted octanol–water partition coefficient (Wildman–Crippen LogP) is 1.99. The molecule has 0 saturated carbocycles. The molecule has 0 aliphatic carbocycles. The minimum Gasteiger partial charge on any atom is -0.508 e. The van der Waals surface area contributed by atoms with E-state index in [9.17, 15) is 15.3 Å². The maximum atomic E-state index is 10.0. The fourth-order valence-electron chi connectivity index (χ4n) is 2.72. The van der Waals surface area contributed by atoms with Gasteiger partial charge in [0, 0.05) is 24.2 Å². The van der Waals surface area contributed by atoms with Gasteiger partial charge in [0.05, 0.1) is 12.7 Å². The quantitative estimate of drug-likeness (QED) is 0.808. The molecule has 1 fully saturated rings. The summed E-state index contributed by atoms with van der Waals surface area (Å²) in [5.41, 5.74) is 1.41. The number of hydrogen-bond acceptors (Lipinski definition) is 5. The van der Waals surface area contributed by atoms with E-state index in [0.29, 0.717) is 18.7 Å². The molecule has 1 aliphatic rings. The third-order valence-electron chi connectivity index (χ3n) is 3.79. The van der Waals surface area contributed by atoms with Crippen molar-refractivity contribution >= 4 is 0 Å². The van der Waals surface area contributed by atoms with Crippen LogP contribution in [0.1, 0.15) is 17.4 Å². The molecule has 5 heteroatoms. The largest absolute Gasteiger partial charge is 0.508 e. The van der Waals surface area contributed by atoms with Crippen LogP contribution in [0.5, 0.6) is 11.5 Å². The molecule has 0 bridgehead atoms. The van der Waals surface area contributed by atoms with Gasteiger partial charge in [-0.1, -0.05) is 36.4 Å². The lowest BCUT2D eigenvalue weighted by Crippen LogP contribution is -2.44. The minimum atomic E-state index is -0.590. The number of aliphatic hydroxyl groups excluding tert-OH is 1. The average Bonchev–Trinajstić information content (AvgIpc) is 2.51. The zero-order valence-electron chi connectivity index (χ0n) is 12.1. The highest BCUT2D eigenvalue weighted by molar-refractivity contribution is 5.35. The molecular formula is C17H19NO4. The summed E-state index contributed by atoms with van der Waals surface area (Å²) in [5, 5.41) is 29.9. The molecule has 2 atom stereocenters. The Balaban J connectivity index is 1.88. The van der Waals surface area contributed by atoms with Crippen LogP contribution in [0.4, 0.5) is 0 Å². The SMILES string of the molecule is Oc1ccccc1CN1CC(O)COC1c1ccccc1O. The number of phenolic OH excluding ortho intramolecular Hbond substituents is 2. The van der Waals surface area contributed by atoms with E-state index < -0.39 is 12.3 Å². The van der Waals surface area contributed by atoms with Crippen LogP contribution < -0.4 is 0 Å². The molecule has 116 valence electrons. The minimum absolute atomic E-state index is 0.158. The lowest BCUT2D eigenvalue weighted by atomic mass is 10.1. The van der Waals surface area contributed by atoms with E-state index in [0.717, 1.165) is 5.56 Å². The highest BCUT2D eigenvalue weighted by Crippen LogP contribution is 2.34. The Bertz CT molecular complexity index is 646. The Kier molecular flexibility index (Phi) is 4.29. The van der Waals surface area contributed by atoms with E-state index in [2.05, 4.69) is 0 Å². The third kappa shape index (κ3) is 3.06. The Morgan fingerprint density at radius 3 is 2.41 bits per heavy atom. The van der Waals surface area contributed by atoms with Crippen LogP contribution in [0, 0.1) is 0 Å². The van der Waals surface area contributed by atoms with Gasteiger partial charge < -0.3 is 20.1 Å². The Morgan fingerprint density at radius 2 is 1.68 bits per heavy atom. The second-order valence-electron chi connectivity index (χ2n) is 5.46. The van der Waals surface area contributed by atoms with Crippen LogP contribution >= 0.6 is 0 Å². The molecule has 1 heterocycles. The van der Waals surface area contributed by atoms with Gasteiger partial charge in [-0.05, 0) is 12.1 Å². The van der Waals surface area contributed by atoms with Crippen molar-refractivity contribution in [1.82, 2.24) is 4.90 Å². The summed E-state index contributed by atoms with van der Waals surface area (Å²) >= 11 is 0. The van der Waals surface area contributed by atoms with E-state index in [1.54, 1.807) is 30.3 Å². The summed E-state index contributed by atoms with van der Waals surface area (Å²) in [6.07, 6.45) is -1.04. The summed E-state index contributed by atoms with van der Waals surface area (Å²) in [5.74, 6) is 0.366. The van der Waals surface area contributed by atoms with Gasteiger partial charge in [-0.25, -0.2) is 0 Å². The summed E-state index contributed by atoms with van der Waals surface area (Å²) in [6.45, 7) is 1.05. The molecule has 0 radical (unpaired) electrons. The van der Waals surface area contributed by atoms with Gasteiger partial charge in [-0.2, -0.15) is 0 Å². The molecule has 22 heavy (non-hydrogen) atoms. The highest BCUT2D eigenvalue weighted by Gasteiger charge is 2.31. The first-order valence-electron chi connectivity index (χ1n) is 7.23. The zero-order valence-corrected chi connectivity index (χ0v) is 12.1. The van der Waals surface area contributed by atoms with Crippen molar-refractivity contribution in [2.75, 3.05) is 13.2 Å². The van der Waals surface area contributed by atoms with E-state index >= 15 is 0 Å². The van der Waals surface area contributed by atoms with Gasteiger partial charge in [-0.3, -0.25) is 4.90 Å². The maximum Gasteiger partial charge on any atom is 0.140 e. The molecule has 2 aromatic rings. The van der Waals surface area contributed by atoms with Crippen LogP contribution in [-0.4, -0.2) is 39.5 Å². The molecule has 3 N–H and O–H groups in total. The Labute approximate surface area is 129 Å². The van der Waals surface area contributed by atoms with Crippen molar-refractivity contribution < 1.29 is 20.1 Å². The van der Waals surface area contributed by atoms with E-state index in [1.165, 1.54) is 0 Å². The van der Waals surface area contributed by atoms with E-state index in [4.69, 9.17) is 4.74 Å². The topological polar surface area (TPSA) is 73.2 Å². The third-order valence-corrected chi connectivity index (χ3v) is 3.79. The first kappa shape index (κ1) is 14.8. The number of ether oxygens (including phenoxy) is 1. The standard InChI is InChI=1S/C17H19NO4/c19-13-10-18(9-12-5-1-3-7-15(12)20)17(22-11-13)14-6-2-4-8-16(14)21/h1-8,13,17,19-21H,9-11H2.